The summed E-state index contributed by atoms with van der Waals surface area (Å²) in [5, 5.41) is 0. The van der Waals surface area contributed by atoms with E-state index in [1.807, 2.05) is 6.07 Å². The highest BCUT2D eigenvalue weighted by atomic mass is 19.1. The molecule has 2 aliphatic rings. The molecule has 3 nitrogen and oxygen atoms in total. The van der Waals surface area contributed by atoms with Gasteiger partial charge in [-0.15, -0.1) is 0 Å². The minimum absolute atomic E-state index is 0.210. The quantitative estimate of drug-likeness (QED) is 0.859. The number of halogens is 1. The van der Waals surface area contributed by atoms with E-state index in [1.165, 1.54) is 0 Å². The van der Waals surface area contributed by atoms with E-state index in [-0.39, 0.29) is 12.3 Å². The third-order valence-corrected chi connectivity index (χ3v) is 3.77. The maximum absolute atomic E-state index is 13.1. The number of hydrogen-bond donors (Lipinski definition) is 1. The van der Waals surface area contributed by atoms with Crippen LogP contribution in [-0.2, 0) is 12.2 Å². The van der Waals surface area contributed by atoms with Crippen LogP contribution in [0.4, 0.5) is 4.39 Å². The molecular weight excluding hydrogens is 221 g/mol. The first-order valence-electron chi connectivity index (χ1n) is 6.01. The van der Waals surface area contributed by atoms with Crippen LogP contribution in [0.1, 0.15) is 36.8 Å². The van der Waals surface area contributed by atoms with E-state index in [0.717, 1.165) is 31.2 Å². The van der Waals surface area contributed by atoms with E-state index in [4.69, 9.17) is 15.2 Å². The fraction of sp³-hybridized carbons (Fsp3) is 0.538. The molecule has 1 aliphatic carbocycles. The minimum Gasteiger partial charge on any atom is -0.454 e. The van der Waals surface area contributed by atoms with Crippen LogP contribution in [0, 0.1) is 0 Å². The van der Waals surface area contributed by atoms with E-state index in [1.54, 1.807) is 6.07 Å². The number of fused-ring (bicyclic) bond motifs is 1. The van der Waals surface area contributed by atoms with Gasteiger partial charge in [0.2, 0.25) is 6.79 Å². The molecule has 3 rings (SSSR count). The molecule has 1 fully saturated rings. The molecule has 0 unspecified atom stereocenters. The second kappa shape index (κ2) is 3.88. The lowest BCUT2D eigenvalue weighted by molar-refractivity contribution is 0.174. The summed E-state index contributed by atoms with van der Waals surface area (Å²) in [6, 6.07) is 3.59. The number of ether oxygens (including phenoxy) is 2. The van der Waals surface area contributed by atoms with Gasteiger partial charge in [0.05, 0.1) is 0 Å². The Balaban J connectivity index is 2.08. The van der Waals surface area contributed by atoms with Crippen LogP contribution in [0.15, 0.2) is 12.1 Å². The predicted molar refractivity (Wildman–Crippen MR) is 61.7 cm³/mol. The van der Waals surface area contributed by atoms with Crippen LogP contribution in [0.3, 0.4) is 0 Å². The number of rotatable bonds is 2. The summed E-state index contributed by atoms with van der Waals surface area (Å²) in [5.74, 6) is 1.32. The smallest absolute Gasteiger partial charge is 0.231 e. The van der Waals surface area contributed by atoms with Crippen molar-refractivity contribution in [3.63, 3.8) is 0 Å². The fourth-order valence-electron chi connectivity index (χ4n) is 2.83. The van der Waals surface area contributed by atoms with E-state index < -0.39 is 6.67 Å². The predicted octanol–water partition coefficient (Wildman–Crippen LogP) is 2.61. The van der Waals surface area contributed by atoms with Gasteiger partial charge in [-0.2, -0.15) is 0 Å². The first kappa shape index (κ1) is 10.8. The maximum atomic E-state index is 13.1. The van der Waals surface area contributed by atoms with Crippen molar-refractivity contribution in [2.24, 2.45) is 5.73 Å². The van der Waals surface area contributed by atoms with Gasteiger partial charge in [0, 0.05) is 5.54 Å². The standard InChI is InChI=1S/C13H16FNO2/c14-7-9-5-11-12(17-8-16-11)6-10(9)13(15)3-1-2-4-13/h5-6H,1-4,7-8,15H2. The monoisotopic (exact) mass is 237 g/mol. The Morgan fingerprint density at radius 1 is 1.18 bits per heavy atom. The zero-order valence-corrected chi connectivity index (χ0v) is 9.67. The highest BCUT2D eigenvalue weighted by molar-refractivity contribution is 5.51. The van der Waals surface area contributed by atoms with Crippen LogP contribution >= 0.6 is 0 Å². The number of benzene rings is 1. The average Bonchev–Trinajstić information content (AvgIpc) is 2.95. The Kier molecular flexibility index (Phi) is 2.47. The molecule has 1 aromatic carbocycles. The van der Waals surface area contributed by atoms with E-state index in [2.05, 4.69) is 0 Å². The molecule has 1 saturated carbocycles. The van der Waals surface area contributed by atoms with Gasteiger partial charge in [-0.3, -0.25) is 0 Å². The van der Waals surface area contributed by atoms with Crippen LogP contribution in [0.25, 0.3) is 0 Å². The molecule has 0 radical (unpaired) electrons. The Labute approximate surface area is 99.7 Å². The lowest BCUT2D eigenvalue weighted by atomic mass is 9.86. The van der Waals surface area contributed by atoms with Crippen LogP contribution in [0.5, 0.6) is 11.5 Å². The molecule has 0 saturated heterocycles. The van der Waals surface area contributed by atoms with Crippen molar-refractivity contribution in [3.05, 3.63) is 23.3 Å². The molecule has 1 aromatic rings. The van der Waals surface area contributed by atoms with Crippen LogP contribution in [0.2, 0.25) is 0 Å². The Hall–Kier alpha value is -1.29. The molecule has 1 aliphatic heterocycles. The van der Waals surface area contributed by atoms with Crippen molar-refractivity contribution >= 4 is 0 Å². The van der Waals surface area contributed by atoms with Gasteiger partial charge in [-0.05, 0) is 36.1 Å². The van der Waals surface area contributed by atoms with E-state index in [0.29, 0.717) is 17.1 Å². The average molecular weight is 237 g/mol. The number of nitrogens with two attached hydrogens (primary N) is 1. The second-order valence-corrected chi connectivity index (χ2v) is 4.86. The summed E-state index contributed by atoms with van der Waals surface area (Å²) >= 11 is 0. The molecule has 2 N–H and O–H groups in total. The maximum Gasteiger partial charge on any atom is 0.231 e. The summed E-state index contributed by atoms with van der Waals surface area (Å²) in [5.41, 5.74) is 7.53. The van der Waals surface area contributed by atoms with E-state index >= 15 is 0 Å². The third kappa shape index (κ3) is 1.67. The molecule has 0 amide bonds. The SMILES string of the molecule is NC1(c2cc3c(cc2CF)OCO3)CCCC1. The van der Waals surface area contributed by atoms with E-state index in [9.17, 15) is 4.39 Å². The molecule has 0 bridgehead atoms. The third-order valence-electron chi connectivity index (χ3n) is 3.77. The summed E-state index contributed by atoms with van der Waals surface area (Å²) in [6.45, 7) is -0.299. The van der Waals surface area contributed by atoms with Gasteiger partial charge in [-0.25, -0.2) is 4.39 Å². The summed E-state index contributed by atoms with van der Waals surface area (Å²) in [6.07, 6.45) is 4.05. The second-order valence-electron chi connectivity index (χ2n) is 4.86. The van der Waals surface area contributed by atoms with Crippen molar-refractivity contribution < 1.29 is 13.9 Å². The fourth-order valence-corrected chi connectivity index (χ4v) is 2.83. The first-order chi connectivity index (χ1) is 8.23. The van der Waals surface area contributed by atoms with Crippen LogP contribution in [-0.4, -0.2) is 6.79 Å². The lowest BCUT2D eigenvalue weighted by Gasteiger charge is -2.26. The van der Waals surface area contributed by atoms with Gasteiger partial charge in [0.15, 0.2) is 11.5 Å². The van der Waals surface area contributed by atoms with Crippen molar-refractivity contribution in [2.45, 2.75) is 37.9 Å². The van der Waals surface area contributed by atoms with Crippen molar-refractivity contribution in [1.82, 2.24) is 0 Å². The largest absolute Gasteiger partial charge is 0.454 e. The summed E-state index contributed by atoms with van der Waals surface area (Å²) in [4.78, 5) is 0. The molecule has 0 atom stereocenters. The van der Waals surface area contributed by atoms with Gasteiger partial charge >= 0.3 is 0 Å². The highest BCUT2D eigenvalue weighted by Crippen LogP contribution is 2.43. The summed E-state index contributed by atoms with van der Waals surface area (Å²) < 4.78 is 23.7. The zero-order valence-electron chi connectivity index (χ0n) is 9.67. The van der Waals surface area contributed by atoms with Crippen molar-refractivity contribution in [3.8, 4) is 11.5 Å². The molecule has 0 aromatic heterocycles. The topological polar surface area (TPSA) is 44.5 Å². The van der Waals surface area contributed by atoms with Crippen molar-refractivity contribution in [1.29, 1.82) is 0 Å². The highest BCUT2D eigenvalue weighted by Gasteiger charge is 2.34. The molecular formula is C13H16FNO2. The zero-order chi connectivity index (χ0) is 11.9. The molecule has 17 heavy (non-hydrogen) atoms. The van der Waals surface area contributed by atoms with Crippen LogP contribution < -0.4 is 15.2 Å². The Morgan fingerprint density at radius 2 is 1.82 bits per heavy atom. The van der Waals surface area contributed by atoms with Gasteiger partial charge < -0.3 is 15.2 Å². The number of alkyl halides is 1. The van der Waals surface area contributed by atoms with Gasteiger partial charge in [0.25, 0.3) is 0 Å². The van der Waals surface area contributed by atoms with Crippen molar-refractivity contribution in [2.75, 3.05) is 6.79 Å². The van der Waals surface area contributed by atoms with Gasteiger partial charge in [-0.1, -0.05) is 12.8 Å². The molecule has 1 heterocycles. The first-order valence-corrected chi connectivity index (χ1v) is 6.01. The van der Waals surface area contributed by atoms with Gasteiger partial charge in [0.1, 0.15) is 6.67 Å². The summed E-state index contributed by atoms with van der Waals surface area (Å²) in [7, 11) is 0. The Morgan fingerprint density at radius 3 is 2.47 bits per heavy atom. The molecule has 92 valence electrons. The molecule has 4 heteroatoms. The lowest BCUT2D eigenvalue weighted by Crippen LogP contribution is -2.34. The normalized spacial score (nSPS) is 20.8. The number of hydrogen-bond acceptors (Lipinski definition) is 3. The molecule has 0 spiro atoms. The Bertz CT molecular complexity index is 441. The minimum atomic E-state index is -0.509.